The maximum absolute atomic E-state index is 8.91. The minimum absolute atomic E-state index is 0.631. The van der Waals surface area contributed by atoms with Gasteiger partial charge in [0.05, 0.1) is 0 Å². The van der Waals surface area contributed by atoms with E-state index < -0.39 is 0 Å². The van der Waals surface area contributed by atoms with Crippen molar-refractivity contribution < 1.29 is 5.02 Å². The third kappa shape index (κ3) is 2.38. The van der Waals surface area contributed by atoms with Gasteiger partial charge in [-0.25, -0.2) is 0 Å². The minimum Gasteiger partial charge on any atom is -0.450 e. The summed E-state index contributed by atoms with van der Waals surface area (Å²) in [6, 6.07) is 7.93. The SMILES string of the molecule is CC(C)Cc1ccccc1[B]O. The molecule has 0 atom stereocenters. The van der Waals surface area contributed by atoms with Crippen LogP contribution in [-0.2, 0) is 6.42 Å². The third-order valence-electron chi connectivity index (χ3n) is 1.82. The quantitative estimate of drug-likeness (QED) is 0.658. The van der Waals surface area contributed by atoms with Gasteiger partial charge in [0.25, 0.3) is 0 Å². The highest BCUT2D eigenvalue weighted by Crippen LogP contribution is 2.04. The first-order valence-corrected chi connectivity index (χ1v) is 4.29. The highest BCUT2D eigenvalue weighted by molar-refractivity contribution is 6.46. The second-order valence-electron chi connectivity index (χ2n) is 3.43. The molecule has 0 saturated heterocycles. The minimum atomic E-state index is 0.631. The molecule has 1 nitrogen and oxygen atoms in total. The van der Waals surface area contributed by atoms with Crippen LogP contribution in [0.4, 0.5) is 0 Å². The first kappa shape index (κ1) is 9.33. The van der Waals surface area contributed by atoms with Crippen molar-refractivity contribution in [1.29, 1.82) is 0 Å². The maximum Gasteiger partial charge on any atom is 0.327 e. The van der Waals surface area contributed by atoms with Crippen LogP contribution in [0.15, 0.2) is 24.3 Å². The van der Waals surface area contributed by atoms with Crippen molar-refractivity contribution in [2.45, 2.75) is 20.3 Å². The molecule has 12 heavy (non-hydrogen) atoms. The Kier molecular flexibility index (Phi) is 3.36. The van der Waals surface area contributed by atoms with Gasteiger partial charge in [-0.15, -0.1) is 0 Å². The molecule has 0 unspecified atom stereocenters. The largest absolute Gasteiger partial charge is 0.450 e. The molecule has 0 aromatic heterocycles. The molecule has 1 aromatic rings. The van der Waals surface area contributed by atoms with E-state index in [4.69, 9.17) is 5.02 Å². The highest BCUT2D eigenvalue weighted by Gasteiger charge is 2.03. The lowest BCUT2D eigenvalue weighted by Gasteiger charge is -2.08. The van der Waals surface area contributed by atoms with Crippen LogP contribution >= 0.6 is 0 Å². The van der Waals surface area contributed by atoms with Gasteiger partial charge in [-0.3, -0.25) is 0 Å². The zero-order chi connectivity index (χ0) is 8.97. The Morgan fingerprint density at radius 3 is 2.58 bits per heavy atom. The van der Waals surface area contributed by atoms with Crippen LogP contribution in [0.5, 0.6) is 0 Å². The normalized spacial score (nSPS) is 10.3. The summed E-state index contributed by atoms with van der Waals surface area (Å²) in [5, 5.41) is 8.91. The fourth-order valence-corrected chi connectivity index (χ4v) is 1.29. The molecule has 1 N–H and O–H groups in total. The Morgan fingerprint density at radius 1 is 1.33 bits per heavy atom. The molecule has 1 aromatic carbocycles. The van der Waals surface area contributed by atoms with E-state index in [0.717, 1.165) is 11.9 Å². The molecule has 2 heteroatoms. The monoisotopic (exact) mass is 161 g/mol. The topological polar surface area (TPSA) is 20.2 Å². The lowest BCUT2D eigenvalue weighted by Crippen LogP contribution is -2.19. The summed E-state index contributed by atoms with van der Waals surface area (Å²) < 4.78 is 0. The number of hydrogen-bond donors (Lipinski definition) is 1. The van der Waals surface area contributed by atoms with Crippen molar-refractivity contribution in [3.8, 4) is 0 Å². The number of hydrogen-bond acceptors (Lipinski definition) is 1. The Balaban J connectivity index is 2.82. The van der Waals surface area contributed by atoms with Crippen LogP contribution < -0.4 is 5.46 Å². The van der Waals surface area contributed by atoms with E-state index in [9.17, 15) is 0 Å². The van der Waals surface area contributed by atoms with Crippen molar-refractivity contribution in [3.05, 3.63) is 29.8 Å². The zero-order valence-electron chi connectivity index (χ0n) is 7.62. The molecule has 0 bridgehead atoms. The molecular weight excluding hydrogens is 147 g/mol. The summed E-state index contributed by atoms with van der Waals surface area (Å²) in [4.78, 5) is 0. The van der Waals surface area contributed by atoms with Gasteiger partial charge in [0, 0.05) is 0 Å². The molecule has 0 fully saturated rings. The lowest BCUT2D eigenvalue weighted by molar-refractivity contribution is 0.612. The van der Waals surface area contributed by atoms with Crippen LogP contribution in [0.2, 0.25) is 0 Å². The van der Waals surface area contributed by atoms with E-state index in [0.29, 0.717) is 5.92 Å². The van der Waals surface area contributed by atoms with Crippen molar-refractivity contribution in [2.24, 2.45) is 5.92 Å². The van der Waals surface area contributed by atoms with Gasteiger partial charge >= 0.3 is 7.48 Å². The maximum atomic E-state index is 8.91. The van der Waals surface area contributed by atoms with E-state index in [-0.39, 0.29) is 0 Å². The number of benzene rings is 1. The molecule has 0 aliphatic heterocycles. The average Bonchev–Trinajstić information content (AvgIpc) is 2.04. The summed E-state index contributed by atoms with van der Waals surface area (Å²) in [6.45, 7) is 4.35. The standard InChI is InChI=1S/C10H14BO/c1-8(2)7-9-5-3-4-6-10(9)11-12/h3-6,8,12H,7H2,1-2H3. The fraction of sp³-hybridized carbons (Fsp3) is 0.400. The molecule has 1 radical (unpaired) electrons. The van der Waals surface area contributed by atoms with Gasteiger partial charge in [0.1, 0.15) is 0 Å². The van der Waals surface area contributed by atoms with Crippen LogP contribution in [0.25, 0.3) is 0 Å². The molecule has 1 rings (SSSR count). The Bertz CT molecular complexity index is 245. The van der Waals surface area contributed by atoms with Crippen molar-refractivity contribution in [3.63, 3.8) is 0 Å². The van der Waals surface area contributed by atoms with Gasteiger partial charge in [0.2, 0.25) is 0 Å². The van der Waals surface area contributed by atoms with E-state index in [2.05, 4.69) is 19.9 Å². The zero-order valence-corrected chi connectivity index (χ0v) is 7.62. The second kappa shape index (κ2) is 4.32. The van der Waals surface area contributed by atoms with E-state index in [1.54, 1.807) is 0 Å². The summed E-state index contributed by atoms with van der Waals surface area (Å²) in [7, 11) is 1.18. The number of rotatable bonds is 3. The van der Waals surface area contributed by atoms with E-state index in [1.807, 2.05) is 18.2 Å². The molecule has 0 spiro atoms. The molecule has 0 aliphatic rings. The third-order valence-corrected chi connectivity index (χ3v) is 1.82. The molecule has 63 valence electrons. The molecule has 0 amide bonds. The Morgan fingerprint density at radius 2 is 2.00 bits per heavy atom. The van der Waals surface area contributed by atoms with Crippen molar-refractivity contribution >= 4 is 12.9 Å². The van der Waals surface area contributed by atoms with Crippen molar-refractivity contribution in [2.75, 3.05) is 0 Å². The van der Waals surface area contributed by atoms with Crippen molar-refractivity contribution in [1.82, 2.24) is 0 Å². The van der Waals surface area contributed by atoms with Gasteiger partial charge in [-0.05, 0) is 12.3 Å². The summed E-state index contributed by atoms with van der Waals surface area (Å²) >= 11 is 0. The first-order chi connectivity index (χ1) is 5.74. The smallest absolute Gasteiger partial charge is 0.327 e. The van der Waals surface area contributed by atoms with Gasteiger partial charge in [-0.2, -0.15) is 0 Å². The van der Waals surface area contributed by atoms with Crippen LogP contribution in [-0.4, -0.2) is 12.5 Å². The Labute approximate surface area is 74.7 Å². The molecule has 0 saturated carbocycles. The van der Waals surface area contributed by atoms with Crippen LogP contribution in [0, 0.1) is 5.92 Å². The lowest BCUT2D eigenvalue weighted by atomic mass is 9.82. The fourth-order valence-electron chi connectivity index (χ4n) is 1.29. The van der Waals surface area contributed by atoms with Gasteiger partial charge < -0.3 is 5.02 Å². The summed E-state index contributed by atoms with van der Waals surface area (Å²) in [5.41, 5.74) is 2.15. The van der Waals surface area contributed by atoms with Crippen LogP contribution in [0.1, 0.15) is 19.4 Å². The Hall–Kier alpha value is -0.755. The predicted octanol–water partition coefficient (Wildman–Crippen LogP) is 1.12. The first-order valence-electron chi connectivity index (χ1n) is 4.29. The van der Waals surface area contributed by atoms with Gasteiger partial charge in [0.15, 0.2) is 0 Å². The molecule has 0 heterocycles. The van der Waals surface area contributed by atoms with Crippen LogP contribution in [0.3, 0.4) is 0 Å². The molecular formula is C10H14BO. The predicted molar refractivity (Wildman–Crippen MR) is 52.6 cm³/mol. The highest BCUT2D eigenvalue weighted by atomic mass is 16.2. The van der Waals surface area contributed by atoms with Gasteiger partial charge in [-0.1, -0.05) is 49.1 Å². The van der Waals surface area contributed by atoms with E-state index >= 15 is 0 Å². The van der Waals surface area contributed by atoms with E-state index in [1.165, 1.54) is 13.0 Å². The summed E-state index contributed by atoms with van der Waals surface area (Å²) in [6.07, 6.45) is 1.02. The summed E-state index contributed by atoms with van der Waals surface area (Å²) in [5.74, 6) is 0.631. The average molecular weight is 161 g/mol. The second-order valence-corrected chi connectivity index (χ2v) is 3.43. The molecule has 0 aliphatic carbocycles.